The van der Waals surface area contributed by atoms with Crippen LogP contribution in [0.2, 0.25) is 15.1 Å². The van der Waals surface area contributed by atoms with Gasteiger partial charge in [0.05, 0.1) is 33.8 Å². The normalized spacial score (nSPS) is 18.2. The van der Waals surface area contributed by atoms with E-state index in [0.29, 0.717) is 52.7 Å². The van der Waals surface area contributed by atoms with Crippen LogP contribution in [0.5, 0.6) is 0 Å². The number of carbonyl (C=O) groups excluding carboxylic acids is 1. The number of amides is 1. The second-order valence-corrected chi connectivity index (χ2v) is 9.62. The highest BCUT2D eigenvalue weighted by Crippen LogP contribution is 2.42. The van der Waals surface area contributed by atoms with Crippen molar-refractivity contribution in [1.82, 2.24) is 4.90 Å². The van der Waals surface area contributed by atoms with E-state index in [2.05, 4.69) is 0 Å². The molecule has 152 valence electrons. The summed E-state index contributed by atoms with van der Waals surface area (Å²) in [6.07, 6.45) is 1.31. The van der Waals surface area contributed by atoms with Crippen LogP contribution in [0.1, 0.15) is 0 Å². The summed E-state index contributed by atoms with van der Waals surface area (Å²) in [7, 11) is -4.04. The highest BCUT2D eigenvalue weighted by molar-refractivity contribution is 7.96. The Bertz CT molecular complexity index is 1130. The van der Waals surface area contributed by atoms with Gasteiger partial charge in [0, 0.05) is 30.0 Å². The van der Waals surface area contributed by atoms with E-state index >= 15 is 0 Å². The summed E-state index contributed by atoms with van der Waals surface area (Å²) in [5.41, 5.74) is 0.875. The molecule has 0 unspecified atom stereocenters. The summed E-state index contributed by atoms with van der Waals surface area (Å²) in [6, 6.07) is 9.29. The number of ether oxygens (including phenoxy) is 1. The van der Waals surface area contributed by atoms with E-state index in [0.717, 1.165) is 0 Å². The maximum Gasteiger partial charge on any atom is 0.267 e. The van der Waals surface area contributed by atoms with Crippen LogP contribution in [0.3, 0.4) is 0 Å². The Balaban J connectivity index is 1.89. The van der Waals surface area contributed by atoms with Crippen LogP contribution in [0.4, 0.5) is 11.4 Å². The quantitative estimate of drug-likeness (QED) is 0.651. The van der Waals surface area contributed by atoms with E-state index < -0.39 is 15.7 Å². The molecule has 1 amide bonds. The molecule has 0 spiro atoms. The minimum atomic E-state index is -4.04. The lowest BCUT2D eigenvalue weighted by Crippen LogP contribution is -2.43. The Labute approximate surface area is 183 Å². The van der Waals surface area contributed by atoms with Crippen molar-refractivity contribution in [2.24, 2.45) is 0 Å². The fourth-order valence-electron chi connectivity index (χ4n) is 3.22. The maximum atomic E-state index is 13.2. The fourth-order valence-corrected chi connectivity index (χ4v) is 5.20. The van der Waals surface area contributed by atoms with Gasteiger partial charge in [-0.25, -0.2) is 8.42 Å². The topological polar surface area (TPSA) is 66.9 Å². The van der Waals surface area contributed by atoms with Crippen LogP contribution < -0.4 is 4.90 Å². The van der Waals surface area contributed by atoms with Crippen molar-refractivity contribution >= 4 is 61.9 Å². The maximum absolute atomic E-state index is 13.2. The predicted octanol–water partition coefficient (Wildman–Crippen LogP) is 4.27. The van der Waals surface area contributed by atoms with Crippen LogP contribution in [0.15, 0.2) is 52.4 Å². The standard InChI is InChI=1S/C19H15Cl3N2O4S/c20-12-1-4-17-16(9-12)24(13-2-3-14(21)15(22)10-13)11-18(29(17,26)27)19(25)23-5-7-28-8-6-23/h1-4,9-11H,5-8H2. The third kappa shape index (κ3) is 3.73. The first kappa shape index (κ1) is 20.5. The molecule has 0 atom stereocenters. The second kappa shape index (κ2) is 7.81. The monoisotopic (exact) mass is 472 g/mol. The first-order valence-corrected chi connectivity index (χ1v) is 11.3. The van der Waals surface area contributed by atoms with Crippen LogP contribution >= 0.6 is 34.8 Å². The van der Waals surface area contributed by atoms with Crippen LogP contribution in [-0.2, 0) is 19.4 Å². The molecule has 1 saturated heterocycles. The molecule has 0 saturated carbocycles. The van der Waals surface area contributed by atoms with Gasteiger partial charge in [0.1, 0.15) is 0 Å². The van der Waals surface area contributed by atoms with E-state index in [4.69, 9.17) is 39.5 Å². The van der Waals surface area contributed by atoms with Crippen molar-refractivity contribution in [3.63, 3.8) is 0 Å². The lowest BCUT2D eigenvalue weighted by Gasteiger charge is -2.32. The molecule has 10 heteroatoms. The van der Waals surface area contributed by atoms with Gasteiger partial charge in [-0.2, -0.15) is 0 Å². The molecule has 1 fully saturated rings. The summed E-state index contributed by atoms with van der Waals surface area (Å²) in [4.78, 5) is 15.8. The zero-order chi connectivity index (χ0) is 20.8. The second-order valence-electron chi connectivity index (χ2n) is 6.48. The molecule has 0 aliphatic carbocycles. The number of fused-ring (bicyclic) bond motifs is 1. The van der Waals surface area contributed by atoms with Gasteiger partial charge < -0.3 is 14.5 Å². The number of hydrogen-bond donors (Lipinski definition) is 0. The van der Waals surface area contributed by atoms with Crippen LogP contribution in [0.25, 0.3) is 0 Å². The van der Waals surface area contributed by atoms with Gasteiger partial charge >= 0.3 is 0 Å². The SMILES string of the molecule is O=C(C1=CN(c2ccc(Cl)c(Cl)c2)c2cc(Cl)ccc2S1(=O)=O)N1CCOCC1. The van der Waals surface area contributed by atoms with Gasteiger partial charge in [-0.3, -0.25) is 4.79 Å². The van der Waals surface area contributed by atoms with Gasteiger partial charge in [0.25, 0.3) is 5.91 Å². The van der Waals surface area contributed by atoms with E-state index in [9.17, 15) is 13.2 Å². The van der Waals surface area contributed by atoms with Crippen molar-refractivity contribution in [3.05, 3.63) is 62.6 Å². The minimum Gasteiger partial charge on any atom is -0.378 e. The summed E-state index contributed by atoms with van der Waals surface area (Å²) in [6.45, 7) is 1.38. The van der Waals surface area contributed by atoms with Crippen molar-refractivity contribution in [2.45, 2.75) is 4.90 Å². The van der Waals surface area contributed by atoms with Crippen molar-refractivity contribution in [1.29, 1.82) is 0 Å². The van der Waals surface area contributed by atoms with Gasteiger partial charge in [-0.15, -0.1) is 0 Å². The van der Waals surface area contributed by atoms with Crippen LogP contribution in [-0.4, -0.2) is 45.5 Å². The third-order valence-corrected chi connectivity index (χ3v) is 7.45. The van der Waals surface area contributed by atoms with Gasteiger partial charge in [0.2, 0.25) is 9.84 Å². The van der Waals surface area contributed by atoms with E-state index in [1.54, 1.807) is 23.1 Å². The number of sulfone groups is 1. The number of anilines is 2. The Kier molecular flexibility index (Phi) is 5.52. The van der Waals surface area contributed by atoms with E-state index in [1.807, 2.05) is 0 Å². The van der Waals surface area contributed by atoms with Crippen molar-refractivity contribution < 1.29 is 17.9 Å². The zero-order valence-corrected chi connectivity index (χ0v) is 18.0. The summed E-state index contributed by atoms with van der Waals surface area (Å²) >= 11 is 18.3. The number of nitrogens with zero attached hydrogens (tertiary/aromatic N) is 2. The van der Waals surface area contributed by atoms with E-state index in [-0.39, 0.29) is 9.80 Å². The molecule has 2 heterocycles. The molecule has 2 aromatic carbocycles. The fraction of sp³-hybridized carbons (Fsp3) is 0.211. The smallest absolute Gasteiger partial charge is 0.267 e. The minimum absolute atomic E-state index is 0.00733. The van der Waals surface area contributed by atoms with Gasteiger partial charge in [-0.1, -0.05) is 34.8 Å². The lowest BCUT2D eigenvalue weighted by molar-refractivity contribution is -0.130. The Hall–Kier alpha value is -1.77. The molecule has 29 heavy (non-hydrogen) atoms. The number of hydrogen-bond acceptors (Lipinski definition) is 5. The summed E-state index contributed by atoms with van der Waals surface area (Å²) < 4.78 is 31.7. The predicted molar refractivity (Wildman–Crippen MR) is 113 cm³/mol. The average molecular weight is 474 g/mol. The molecule has 6 nitrogen and oxygen atoms in total. The highest BCUT2D eigenvalue weighted by Gasteiger charge is 2.38. The number of carbonyl (C=O) groups is 1. The zero-order valence-electron chi connectivity index (χ0n) is 14.9. The first-order chi connectivity index (χ1) is 13.8. The van der Waals surface area contributed by atoms with Gasteiger partial charge in [-0.05, 0) is 36.4 Å². The molecule has 0 aromatic heterocycles. The van der Waals surface area contributed by atoms with Crippen LogP contribution in [0, 0.1) is 0 Å². The molecule has 0 N–H and O–H groups in total. The summed E-state index contributed by atoms with van der Waals surface area (Å²) in [5, 5.41) is 1.02. The molecule has 4 rings (SSSR count). The molecule has 2 aliphatic heterocycles. The Morgan fingerprint density at radius 2 is 1.69 bits per heavy atom. The largest absolute Gasteiger partial charge is 0.378 e. The average Bonchev–Trinajstić information content (AvgIpc) is 2.70. The molecular weight excluding hydrogens is 459 g/mol. The Morgan fingerprint density at radius 3 is 2.38 bits per heavy atom. The van der Waals surface area contributed by atoms with Crippen molar-refractivity contribution in [3.8, 4) is 0 Å². The van der Waals surface area contributed by atoms with Gasteiger partial charge in [0.15, 0.2) is 4.91 Å². The number of halogens is 3. The number of morpholine rings is 1. The molecule has 2 aliphatic rings. The number of rotatable bonds is 2. The number of benzene rings is 2. The third-order valence-electron chi connectivity index (χ3n) is 4.70. The molecule has 2 aromatic rings. The molecule has 0 radical (unpaired) electrons. The molecule has 0 bridgehead atoms. The van der Waals surface area contributed by atoms with Crippen molar-refractivity contribution in [2.75, 3.05) is 31.2 Å². The Morgan fingerprint density at radius 1 is 0.966 bits per heavy atom. The first-order valence-electron chi connectivity index (χ1n) is 8.67. The highest BCUT2D eigenvalue weighted by atomic mass is 35.5. The summed E-state index contributed by atoms with van der Waals surface area (Å²) in [5.74, 6) is -0.570. The molecular formula is C19H15Cl3N2O4S. The lowest BCUT2D eigenvalue weighted by atomic mass is 10.2. The van der Waals surface area contributed by atoms with E-state index in [1.165, 1.54) is 29.3 Å².